The molecule has 1 fully saturated rings. The summed E-state index contributed by atoms with van der Waals surface area (Å²) in [6, 6.07) is 13.7. The van der Waals surface area contributed by atoms with Crippen molar-refractivity contribution in [3.63, 3.8) is 0 Å². The van der Waals surface area contributed by atoms with Gasteiger partial charge in [0.05, 0.1) is 30.8 Å². The van der Waals surface area contributed by atoms with Gasteiger partial charge >= 0.3 is 5.97 Å². The van der Waals surface area contributed by atoms with Gasteiger partial charge < -0.3 is 14.4 Å². The van der Waals surface area contributed by atoms with Crippen molar-refractivity contribution < 1.29 is 22.7 Å². The Kier molecular flexibility index (Phi) is 6.33. The normalized spacial score (nSPS) is 14.9. The van der Waals surface area contributed by atoms with E-state index in [1.807, 2.05) is 24.3 Å². The predicted molar refractivity (Wildman–Crippen MR) is 106 cm³/mol. The molecule has 2 aromatic carbocycles. The molecule has 28 heavy (non-hydrogen) atoms. The number of ether oxygens (including phenoxy) is 2. The molecule has 1 saturated heterocycles. The topological polar surface area (TPSA) is 76.2 Å². The van der Waals surface area contributed by atoms with Gasteiger partial charge in [0, 0.05) is 32.4 Å². The molecule has 1 aliphatic rings. The lowest BCUT2D eigenvalue weighted by Gasteiger charge is -2.31. The Labute approximate surface area is 165 Å². The van der Waals surface area contributed by atoms with E-state index in [4.69, 9.17) is 4.74 Å². The minimum atomic E-state index is -3.77. The fourth-order valence-corrected chi connectivity index (χ4v) is 4.36. The maximum atomic E-state index is 13.0. The third kappa shape index (κ3) is 4.35. The number of para-hydroxylation sites is 1. The highest BCUT2D eigenvalue weighted by molar-refractivity contribution is 7.89. The largest absolute Gasteiger partial charge is 0.465 e. The molecule has 1 heterocycles. The molecule has 0 aromatic heterocycles. The zero-order chi connectivity index (χ0) is 20.1. The van der Waals surface area contributed by atoms with Gasteiger partial charge in [0.15, 0.2) is 0 Å². The van der Waals surface area contributed by atoms with Crippen molar-refractivity contribution in [2.75, 3.05) is 45.4 Å². The van der Waals surface area contributed by atoms with E-state index in [0.29, 0.717) is 13.2 Å². The maximum Gasteiger partial charge on any atom is 0.337 e. The molecular weight excluding hydrogens is 380 g/mol. The summed E-state index contributed by atoms with van der Waals surface area (Å²) in [6.45, 7) is 3.08. The first-order valence-corrected chi connectivity index (χ1v) is 10.4. The zero-order valence-electron chi connectivity index (χ0n) is 16.0. The van der Waals surface area contributed by atoms with E-state index in [0.717, 1.165) is 24.3 Å². The molecule has 150 valence electrons. The lowest BCUT2D eigenvalue weighted by atomic mass is 10.1. The van der Waals surface area contributed by atoms with Crippen LogP contribution in [-0.4, -0.2) is 59.2 Å². The summed E-state index contributed by atoms with van der Waals surface area (Å²) in [4.78, 5) is 14.0. The van der Waals surface area contributed by atoms with Crippen LogP contribution in [0.5, 0.6) is 0 Å². The van der Waals surface area contributed by atoms with Gasteiger partial charge in [-0.2, -0.15) is 4.31 Å². The van der Waals surface area contributed by atoms with E-state index in [1.165, 1.54) is 42.7 Å². The number of carbonyl (C=O) groups is 1. The molecule has 0 aliphatic carbocycles. The number of morpholine rings is 1. The number of carbonyl (C=O) groups excluding carboxylic acids is 1. The third-order valence-corrected chi connectivity index (χ3v) is 6.50. The minimum absolute atomic E-state index is 0.0572. The minimum Gasteiger partial charge on any atom is -0.465 e. The van der Waals surface area contributed by atoms with Gasteiger partial charge in [-0.15, -0.1) is 0 Å². The summed E-state index contributed by atoms with van der Waals surface area (Å²) >= 11 is 0. The number of hydrogen-bond donors (Lipinski definition) is 0. The van der Waals surface area contributed by atoms with E-state index in [9.17, 15) is 13.2 Å². The molecule has 0 amide bonds. The Morgan fingerprint density at radius 3 is 2.57 bits per heavy atom. The second-order valence-corrected chi connectivity index (χ2v) is 8.55. The molecule has 0 spiro atoms. The lowest BCUT2D eigenvalue weighted by Crippen LogP contribution is -2.37. The highest BCUT2D eigenvalue weighted by Gasteiger charge is 2.24. The number of methoxy groups -OCH3 is 1. The van der Waals surface area contributed by atoms with Gasteiger partial charge in [-0.25, -0.2) is 13.2 Å². The van der Waals surface area contributed by atoms with Gasteiger partial charge in [0.1, 0.15) is 0 Å². The first-order chi connectivity index (χ1) is 13.4. The van der Waals surface area contributed by atoms with Crippen LogP contribution in [0.2, 0.25) is 0 Å². The summed E-state index contributed by atoms with van der Waals surface area (Å²) in [6.07, 6.45) is 0. The molecular formula is C20H24N2O5S. The Morgan fingerprint density at radius 2 is 1.86 bits per heavy atom. The van der Waals surface area contributed by atoms with Crippen LogP contribution < -0.4 is 4.90 Å². The highest BCUT2D eigenvalue weighted by atomic mass is 32.2. The molecule has 2 aromatic rings. The summed E-state index contributed by atoms with van der Waals surface area (Å²) in [7, 11) is -0.967. The van der Waals surface area contributed by atoms with Gasteiger partial charge in [0.2, 0.25) is 10.0 Å². The van der Waals surface area contributed by atoms with Crippen molar-refractivity contribution >= 4 is 21.7 Å². The smallest absolute Gasteiger partial charge is 0.337 e. The van der Waals surface area contributed by atoms with Gasteiger partial charge in [-0.1, -0.05) is 24.3 Å². The number of hydrogen-bond acceptors (Lipinski definition) is 6. The molecule has 0 N–H and O–H groups in total. The predicted octanol–water partition coefficient (Wildman–Crippen LogP) is 2.13. The van der Waals surface area contributed by atoms with Crippen LogP contribution in [0.15, 0.2) is 53.4 Å². The van der Waals surface area contributed by atoms with Crippen LogP contribution in [-0.2, 0) is 26.0 Å². The van der Waals surface area contributed by atoms with Crippen molar-refractivity contribution in [3.8, 4) is 0 Å². The summed E-state index contributed by atoms with van der Waals surface area (Å²) in [5.41, 5.74) is 2.13. The lowest BCUT2D eigenvalue weighted by molar-refractivity contribution is 0.0600. The Balaban J connectivity index is 1.85. The Bertz CT molecular complexity index is 939. The van der Waals surface area contributed by atoms with Crippen LogP contribution in [0, 0.1) is 0 Å². The fraction of sp³-hybridized carbons (Fsp3) is 0.350. The van der Waals surface area contributed by atoms with Gasteiger partial charge in [0.25, 0.3) is 0 Å². The van der Waals surface area contributed by atoms with Crippen LogP contribution in [0.25, 0.3) is 0 Å². The molecule has 3 rings (SSSR count). The fourth-order valence-electron chi connectivity index (χ4n) is 3.16. The molecule has 7 nitrogen and oxygen atoms in total. The van der Waals surface area contributed by atoms with E-state index in [1.54, 1.807) is 0 Å². The van der Waals surface area contributed by atoms with Crippen molar-refractivity contribution in [2.45, 2.75) is 11.4 Å². The van der Waals surface area contributed by atoms with Gasteiger partial charge in [-0.05, 0) is 29.8 Å². The molecule has 0 unspecified atom stereocenters. The van der Waals surface area contributed by atoms with Gasteiger partial charge in [-0.3, -0.25) is 0 Å². The average Bonchev–Trinajstić information content (AvgIpc) is 2.74. The Morgan fingerprint density at radius 1 is 1.14 bits per heavy atom. The van der Waals surface area contributed by atoms with E-state index in [-0.39, 0.29) is 17.0 Å². The number of nitrogens with zero attached hydrogens (tertiary/aromatic N) is 2. The molecule has 1 aliphatic heterocycles. The van der Waals surface area contributed by atoms with Crippen molar-refractivity contribution in [2.24, 2.45) is 0 Å². The van der Waals surface area contributed by atoms with Crippen molar-refractivity contribution in [1.29, 1.82) is 0 Å². The number of benzene rings is 2. The standard InChI is InChI=1S/C20H24N2O5S/c1-21(28(24,25)18-8-5-7-16(14-18)20(23)26-2)15-17-6-3-4-9-19(17)22-10-12-27-13-11-22/h3-9,14H,10-13,15H2,1-2H3. The summed E-state index contributed by atoms with van der Waals surface area (Å²) in [5, 5.41) is 0. The third-order valence-electron chi connectivity index (χ3n) is 4.70. The number of rotatable bonds is 6. The zero-order valence-corrected chi connectivity index (χ0v) is 16.8. The average molecular weight is 404 g/mol. The summed E-state index contributed by atoms with van der Waals surface area (Å²) < 4.78 is 37.4. The Hall–Kier alpha value is -2.42. The maximum absolute atomic E-state index is 13.0. The molecule has 0 bridgehead atoms. The first kappa shape index (κ1) is 20.3. The second kappa shape index (κ2) is 8.72. The number of anilines is 1. The second-order valence-electron chi connectivity index (χ2n) is 6.51. The van der Waals surface area contributed by atoms with E-state index >= 15 is 0 Å². The van der Waals surface area contributed by atoms with Crippen LogP contribution in [0.3, 0.4) is 0 Å². The van der Waals surface area contributed by atoms with Crippen LogP contribution in [0.4, 0.5) is 5.69 Å². The number of esters is 1. The summed E-state index contributed by atoms with van der Waals surface area (Å²) in [5.74, 6) is -0.572. The quantitative estimate of drug-likeness (QED) is 0.687. The van der Waals surface area contributed by atoms with Crippen LogP contribution >= 0.6 is 0 Å². The van der Waals surface area contributed by atoms with Crippen molar-refractivity contribution in [1.82, 2.24) is 4.31 Å². The first-order valence-electron chi connectivity index (χ1n) is 8.99. The molecule has 8 heteroatoms. The van der Waals surface area contributed by atoms with Crippen LogP contribution in [0.1, 0.15) is 15.9 Å². The molecule has 0 atom stereocenters. The van der Waals surface area contributed by atoms with E-state index < -0.39 is 16.0 Å². The van der Waals surface area contributed by atoms with E-state index in [2.05, 4.69) is 9.64 Å². The number of sulfonamides is 1. The van der Waals surface area contributed by atoms with Crippen molar-refractivity contribution in [3.05, 3.63) is 59.7 Å². The molecule has 0 radical (unpaired) electrons. The SMILES string of the molecule is COC(=O)c1cccc(S(=O)(=O)N(C)Cc2ccccc2N2CCOCC2)c1. The monoisotopic (exact) mass is 404 g/mol. The molecule has 0 saturated carbocycles. The highest BCUT2D eigenvalue weighted by Crippen LogP contribution is 2.25.